The van der Waals surface area contributed by atoms with Crippen molar-refractivity contribution in [1.29, 1.82) is 0 Å². The molecule has 1 saturated heterocycles. The molecule has 0 aromatic carbocycles. The van der Waals surface area contributed by atoms with E-state index in [9.17, 15) is 15.0 Å². The number of aromatic nitrogens is 1. The van der Waals surface area contributed by atoms with Gasteiger partial charge in [-0.3, -0.25) is 9.69 Å². The van der Waals surface area contributed by atoms with Crippen LogP contribution < -0.4 is 5.43 Å². The Hall–Kier alpha value is -1.37. The Balaban J connectivity index is 1.92. The molecule has 1 aliphatic carbocycles. The fourth-order valence-electron chi connectivity index (χ4n) is 3.00. The molecule has 21 heavy (non-hydrogen) atoms. The molecular formula is C15H23N3O3. The van der Waals surface area contributed by atoms with E-state index in [1.807, 2.05) is 4.57 Å². The van der Waals surface area contributed by atoms with E-state index in [0.29, 0.717) is 24.0 Å². The maximum Gasteiger partial charge on any atom is 0.223 e. The molecule has 3 rings (SSSR count). The summed E-state index contributed by atoms with van der Waals surface area (Å²) in [5.74, 6) is -0.155. The summed E-state index contributed by atoms with van der Waals surface area (Å²) in [6.45, 7) is 4.25. The number of rotatable bonds is 4. The van der Waals surface area contributed by atoms with Crippen LogP contribution in [0.2, 0.25) is 0 Å². The second-order valence-electron chi connectivity index (χ2n) is 6.13. The topological polar surface area (TPSA) is 68.9 Å². The van der Waals surface area contributed by atoms with Gasteiger partial charge in [-0.15, -0.1) is 0 Å². The van der Waals surface area contributed by atoms with Crippen LogP contribution >= 0.6 is 0 Å². The molecule has 0 unspecified atom stereocenters. The SMILES string of the molecule is CN1CCN(Cc2c(O)c(=O)cc(CO)n2C2CC2)CC1. The Labute approximate surface area is 124 Å². The molecule has 0 spiro atoms. The lowest BCUT2D eigenvalue weighted by molar-refractivity contribution is 0.143. The highest BCUT2D eigenvalue weighted by molar-refractivity contribution is 5.31. The van der Waals surface area contributed by atoms with Crippen LogP contribution in [0, 0.1) is 0 Å². The van der Waals surface area contributed by atoms with Gasteiger partial charge in [-0.25, -0.2) is 0 Å². The van der Waals surface area contributed by atoms with Crippen molar-refractivity contribution in [3.8, 4) is 5.75 Å². The predicted molar refractivity (Wildman–Crippen MR) is 79.3 cm³/mol. The monoisotopic (exact) mass is 293 g/mol. The lowest BCUT2D eigenvalue weighted by Crippen LogP contribution is -2.44. The van der Waals surface area contributed by atoms with E-state index in [4.69, 9.17) is 0 Å². The lowest BCUT2D eigenvalue weighted by Gasteiger charge is -2.33. The first-order chi connectivity index (χ1) is 10.1. The Bertz CT molecular complexity index is 572. The number of aromatic hydroxyl groups is 1. The van der Waals surface area contributed by atoms with Gasteiger partial charge in [0, 0.05) is 50.5 Å². The Morgan fingerprint density at radius 1 is 1.24 bits per heavy atom. The van der Waals surface area contributed by atoms with Crippen LogP contribution in [-0.2, 0) is 13.2 Å². The van der Waals surface area contributed by atoms with Crippen LogP contribution in [-0.4, -0.2) is 57.8 Å². The zero-order valence-corrected chi connectivity index (χ0v) is 12.5. The number of likely N-dealkylation sites (N-methyl/N-ethyl adjacent to an activating group) is 1. The Morgan fingerprint density at radius 3 is 2.48 bits per heavy atom. The minimum Gasteiger partial charge on any atom is -0.503 e. The van der Waals surface area contributed by atoms with Gasteiger partial charge in [0.05, 0.1) is 12.3 Å². The average Bonchev–Trinajstić information content (AvgIpc) is 3.30. The third kappa shape index (κ3) is 2.97. The minimum absolute atomic E-state index is 0.155. The molecule has 2 fully saturated rings. The van der Waals surface area contributed by atoms with Gasteiger partial charge >= 0.3 is 0 Å². The number of aliphatic hydroxyl groups is 1. The molecular weight excluding hydrogens is 270 g/mol. The van der Waals surface area contributed by atoms with Gasteiger partial charge in [-0.1, -0.05) is 0 Å². The van der Waals surface area contributed by atoms with Crippen molar-refractivity contribution in [2.45, 2.75) is 32.0 Å². The number of hydrogen-bond donors (Lipinski definition) is 2. The van der Waals surface area contributed by atoms with Crippen molar-refractivity contribution in [3.05, 3.63) is 27.7 Å². The van der Waals surface area contributed by atoms with E-state index in [1.165, 1.54) is 6.07 Å². The standard InChI is InChI=1S/C15H23N3O3/c1-16-4-6-17(7-5-16)9-13-15(21)14(20)8-12(10-19)18(13)11-2-3-11/h8,11,19,21H,2-7,9-10H2,1H3. The molecule has 116 valence electrons. The molecule has 2 heterocycles. The smallest absolute Gasteiger partial charge is 0.223 e. The largest absolute Gasteiger partial charge is 0.503 e. The second-order valence-corrected chi connectivity index (χ2v) is 6.13. The molecule has 0 radical (unpaired) electrons. The van der Waals surface area contributed by atoms with Crippen molar-refractivity contribution < 1.29 is 10.2 Å². The van der Waals surface area contributed by atoms with E-state index < -0.39 is 0 Å². The van der Waals surface area contributed by atoms with E-state index in [0.717, 1.165) is 39.0 Å². The van der Waals surface area contributed by atoms with E-state index in [1.54, 1.807) is 0 Å². The van der Waals surface area contributed by atoms with Crippen LogP contribution in [0.25, 0.3) is 0 Å². The second kappa shape index (κ2) is 5.79. The number of pyridine rings is 1. The Kier molecular flexibility index (Phi) is 4.01. The summed E-state index contributed by atoms with van der Waals surface area (Å²) in [4.78, 5) is 16.4. The van der Waals surface area contributed by atoms with Crippen molar-refractivity contribution in [3.63, 3.8) is 0 Å². The van der Waals surface area contributed by atoms with Gasteiger partial charge in [-0.05, 0) is 19.9 Å². The molecule has 1 saturated carbocycles. The molecule has 1 aromatic heterocycles. The molecule has 6 heteroatoms. The first-order valence-electron chi connectivity index (χ1n) is 7.58. The fourth-order valence-corrected chi connectivity index (χ4v) is 3.00. The third-order valence-corrected chi connectivity index (χ3v) is 4.45. The predicted octanol–water partition coefficient (Wildman–Crippen LogP) is 0.128. The van der Waals surface area contributed by atoms with Crippen LogP contribution in [0.3, 0.4) is 0 Å². The molecule has 0 bridgehead atoms. The van der Waals surface area contributed by atoms with Crippen LogP contribution in [0.1, 0.15) is 30.3 Å². The zero-order chi connectivity index (χ0) is 15.0. The van der Waals surface area contributed by atoms with E-state index in [-0.39, 0.29) is 17.8 Å². The number of nitrogens with zero attached hydrogens (tertiary/aromatic N) is 3. The van der Waals surface area contributed by atoms with Gasteiger partial charge < -0.3 is 19.7 Å². The minimum atomic E-state index is -0.389. The fraction of sp³-hybridized carbons (Fsp3) is 0.667. The normalized spacial score (nSPS) is 20.9. The molecule has 2 N–H and O–H groups in total. The van der Waals surface area contributed by atoms with Gasteiger partial charge in [0.1, 0.15) is 0 Å². The van der Waals surface area contributed by atoms with E-state index in [2.05, 4.69) is 16.8 Å². The third-order valence-electron chi connectivity index (χ3n) is 4.45. The highest BCUT2D eigenvalue weighted by atomic mass is 16.3. The first-order valence-corrected chi connectivity index (χ1v) is 7.58. The van der Waals surface area contributed by atoms with Crippen molar-refractivity contribution in [2.24, 2.45) is 0 Å². The molecule has 1 aromatic rings. The van der Waals surface area contributed by atoms with Gasteiger partial charge in [-0.2, -0.15) is 0 Å². The highest BCUT2D eigenvalue weighted by Crippen LogP contribution is 2.38. The summed E-state index contributed by atoms with van der Waals surface area (Å²) in [6.07, 6.45) is 2.09. The van der Waals surface area contributed by atoms with Gasteiger partial charge in [0.2, 0.25) is 5.43 Å². The first kappa shape index (κ1) is 14.6. The summed E-state index contributed by atoms with van der Waals surface area (Å²) in [6, 6.07) is 1.68. The van der Waals surface area contributed by atoms with Crippen molar-refractivity contribution in [1.82, 2.24) is 14.4 Å². The number of aliphatic hydroxyl groups excluding tert-OH is 1. The zero-order valence-electron chi connectivity index (χ0n) is 12.5. The summed E-state index contributed by atoms with van der Waals surface area (Å²) in [5.41, 5.74) is 0.892. The molecule has 6 nitrogen and oxygen atoms in total. The van der Waals surface area contributed by atoms with Crippen molar-refractivity contribution in [2.75, 3.05) is 33.2 Å². The highest BCUT2D eigenvalue weighted by Gasteiger charge is 2.30. The van der Waals surface area contributed by atoms with Crippen molar-refractivity contribution >= 4 is 0 Å². The molecule has 0 amide bonds. The average molecular weight is 293 g/mol. The molecule has 1 aliphatic heterocycles. The van der Waals surface area contributed by atoms with Crippen LogP contribution in [0.15, 0.2) is 10.9 Å². The number of piperazine rings is 1. The van der Waals surface area contributed by atoms with Gasteiger partial charge in [0.25, 0.3) is 0 Å². The summed E-state index contributed by atoms with van der Waals surface area (Å²) in [7, 11) is 2.10. The number of hydrogen-bond acceptors (Lipinski definition) is 5. The van der Waals surface area contributed by atoms with Crippen LogP contribution in [0.5, 0.6) is 5.75 Å². The summed E-state index contributed by atoms with van der Waals surface area (Å²) in [5, 5.41) is 19.7. The summed E-state index contributed by atoms with van der Waals surface area (Å²) >= 11 is 0. The molecule has 0 atom stereocenters. The maximum atomic E-state index is 11.9. The van der Waals surface area contributed by atoms with Crippen LogP contribution in [0.4, 0.5) is 0 Å². The summed E-state index contributed by atoms with van der Waals surface area (Å²) < 4.78 is 1.98. The lowest BCUT2D eigenvalue weighted by atomic mass is 10.2. The van der Waals surface area contributed by atoms with E-state index >= 15 is 0 Å². The maximum absolute atomic E-state index is 11.9. The quantitative estimate of drug-likeness (QED) is 0.826. The van der Waals surface area contributed by atoms with Gasteiger partial charge in [0.15, 0.2) is 5.75 Å². The Morgan fingerprint density at radius 2 is 1.90 bits per heavy atom. The molecule has 2 aliphatic rings.